The molecule has 1 heterocycles. The zero-order valence-corrected chi connectivity index (χ0v) is 10.8. The maximum absolute atomic E-state index is 9.97. The molecule has 2 aliphatic carbocycles. The third-order valence-electron chi connectivity index (χ3n) is 4.30. The van der Waals surface area contributed by atoms with E-state index in [4.69, 9.17) is 16.2 Å². The lowest BCUT2D eigenvalue weighted by Crippen LogP contribution is -2.15. The molecule has 0 radical (unpaired) electrons. The average molecular weight is 269 g/mol. The SMILES string of the molecule is Nc1cc(Oc2ccc(O)c([C@@H]3[C@@H]4C[C@@]34N)c2)ccn1. The maximum atomic E-state index is 9.97. The van der Waals surface area contributed by atoms with Gasteiger partial charge in [-0.1, -0.05) is 0 Å². The van der Waals surface area contributed by atoms with E-state index >= 15 is 0 Å². The third-order valence-corrected chi connectivity index (χ3v) is 4.30. The molecule has 5 N–H and O–H groups in total. The highest BCUT2D eigenvalue weighted by molar-refractivity contribution is 5.54. The van der Waals surface area contributed by atoms with E-state index in [1.54, 1.807) is 30.5 Å². The van der Waals surface area contributed by atoms with Crippen LogP contribution >= 0.6 is 0 Å². The molecule has 0 aliphatic heterocycles. The Labute approximate surface area is 116 Å². The maximum Gasteiger partial charge on any atom is 0.132 e. The Kier molecular flexibility index (Phi) is 2.10. The Bertz CT molecular complexity index is 703. The number of hydrogen-bond donors (Lipinski definition) is 3. The number of phenolic OH excluding ortho intramolecular Hbond substituents is 1. The van der Waals surface area contributed by atoms with Gasteiger partial charge in [-0.25, -0.2) is 4.98 Å². The van der Waals surface area contributed by atoms with Crippen LogP contribution in [0.4, 0.5) is 5.82 Å². The summed E-state index contributed by atoms with van der Waals surface area (Å²) in [6, 6.07) is 8.63. The molecule has 2 aromatic rings. The number of anilines is 1. The van der Waals surface area contributed by atoms with Crippen LogP contribution in [0.3, 0.4) is 0 Å². The average Bonchev–Trinajstić information content (AvgIpc) is 3.22. The van der Waals surface area contributed by atoms with E-state index in [-0.39, 0.29) is 17.2 Å². The van der Waals surface area contributed by atoms with Crippen molar-refractivity contribution in [2.24, 2.45) is 11.7 Å². The molecule has 0 spiro atoms. The molecule has 3 atom stereocenters. The predicted octanol–water partition coefficient (Wildman–Crippen LogP) is 1.98. The Morgan fingerprint density at radius 2 is 2.00 bits per heavy atom. The Morgan fingerprint density at radius 3 is 2.65 bits per heavy atom. The Balaban J connectivity index is 1.61. The largest absolute Gasteiger partial charge is 0.508 e. The molecule has 0 bridgehead atoms. The van der Waals surface area contributed by atoms with E-state index in [9.17, 15) is 5.11 Å². The number of nitrogen functional groups attached to an aromatic ring is 1. The van der Waals surface area contributed by atoms with Crippen LogP contribution in [0.1, 0.15) is 17.9 Å². The van der Waals surface area contributed by atoms with Crippen molar-refractivity contribution in [3.8, 4) is 17.2 Å². The van der Waals surface area contributed by atoms with Gasteiger partial charge in [-0.3, -0.25) is 0 Å². The highest BCUT2D eigenvalue weighted by Gasteiger charge is 2.77. The summed E-state index contributed by atoms with van der Waals surface area (Å²) >= 11 is 0. The van der Waals surface area contributed by atoms with Crippen LogP contribution in [0.15, 0.2) is 36.5 Å². The molecule has 2 aliphatic rings. The number of aromatic nitrogens is 1. The van der Waals surface area contributed by atoms with E-state index in [0.717, 1.165) is 12.0 Å². The van der Waals surface area contributed by atoms with E-state index in [0.29, 0.717) is 23.2 Å². The fourth-order valence-corrected chi connectivity index (χ4v) is 2.93. The lowest BCUT2D eigenvalue weighted by Gasteiger charge is -2.13. The zero-order chi connectivity index (χ0) is 13.9. The number of rotatable bonds is 3. The van der Waals surface area contributed by atoms with Gasteiger partial charge < -0.3 is 21.3 Å². The van der Waals surface area contributed by atoms with Gasteiger partial charge >= 0.3 is 0 Å². The third kappa shape index (κ3) is 1.63. The van der Waals surface area contributed by atoms with Crippen LogP contribution in [-0.4, -0.2) is 15.6 Å². The van der Waals surface area contributed by atoms with Gasteiger partial charge in [0.2, 0.25) is 0 Å². The first-order chi connectivity index (χ1) is 9.58. The van der Waals surface area contributed by atoms with Crippen molar-refractivity contribution in [1.29, 1.82) is 0 Å². The van der Waals surface area contributed by atoms with Crippen LogP contribution in [0, 0.1) is 5.92 Å². The van der Waals surface area contributed by atoms with Crippen LogP contribution in [-0.2, 0) is 0 Å². The molecule has 102 valence electrons. The summed E-state index contributed by atoms with van der Waals surface area (Å²) in [7, 11) is 0. The first-order valence-corrected chi connectivity index (χ1v) is 6.59. The molecule has 0 amide bonds. The summed E-state index contributed by atoms with van der Waals surface area (Å²) in [4.78, 5) is 3.92. The van der Waals surface area contributed by atoms with Crippen molar-refractivity contribution in [3.05, 3.63) is 42.1 Å². The van der Waals surface area contributed by atoms with Crippen LogP contribution in [0.25, 0.3) is 0 Å². The van der Waals surface area contributed by atoms with Gasteiger partial charge in [0.05, 0.1) is 0 Å². The van der Waals surface area contributed by atoms with Gasteiger partial charge in [0.15, 0.2) is 0 Å². The van der Waals surface area contributed by atoms with Gasteiger partial charge in [-0.05, 0) is 36.6 Å². The summed E-state index contributed by atoms with van der Waals surface area (Å²) in [6.07, 6.45) is 2.65. The number of nitrogens with zero attached hydrogens (tertiary/aromatic N) is 1. The molecule has 1 aromatic carbocycles. The van der Waals surface area contributed by atoms with Crippen molar-refractivity contribution in [3.63, 3.8) is 0 Å². The zero-order valence-electron chi connectivity index (χ0n) is 10.8. The summed E-state index contributed by atoms with van der Waals surface area (Å²) in [5.41, 5.74) is 12.6. The van der Waals surface area contributed by atoms with Gasteiger partial charge in [0.1, 0.15) is 23.1 Å². The van der Waals surface area contributed by atoms with Gasteiger partial charge in [0, 0.05) is 29.3 Å². The van der Waals surface area contributed by atoms with Crippen molar-refractivity contribution < 1.29 is 9.84 Å². The number of hydrogen-bond acceptors (Lipinski definition) is 5. The number of pyridine rings is 1. The second-order valence-corrected chi connectivity index (χ2v) is 5.64. The lowest BCUT2D eigenvalue weighted by molar-refractivity contribution is 0.453. The van der Waals surface area contributed by atoms with Crippen LogP contribution < -0.4 is 16.2 Å². The molecular formula is C15H15N3O2. The van der Waals surface area contributed by atoms with Crippen molar-refractivity contribution >= 4 is 5.82 Å². The molecule has 5 heteroatoms. The standard InChI is InChI=1S/C15H15N3O2/c16-13-6-9(3-4-18-13)20-8-1-2-12(19)10(5-8)14-11-7-15(11,14)17/h1-6,11,14,19H,7,17H2,(H2,16,18)/t11-,14+,15-/m0/s1. The second-order valence-electron chi connectivity index (χ2n) is 5.64. The molecule has 20 heavy (non-hydrogen) atoms. The first-order valence-electron chi connectivity index (χ1n) is 6.59. The highest BCUT2D eigenvalue weighted by atomic mass is 16.5. The van der Waals surface area contributed by atoms with Crippen molar-refractivity contribution in [1.82, 2.24) is 4.98 Å². The second kappa shape index (κ2) is 3.64. The Morgan fingerprint density at radius 1 is 1.25 bits per heavy atom. The smallest absolute Gasteiger partial charge is 0.132 e. The minimum Gasteiger partial charge on any atom is -0.508 e. The number of nitrogens with two attached hydrogens (primary N) is 2. The first kappa shape index (κ1) is 11.5. The number of fused-ring (bicyclic) bond motifs is 1. The molecule has 0 unspecified atom stereocenters. The quantitative estimate of drug-likeness (QED) is 0.792. The van der Waals surface area contributed by atoms with Crippen molar-refractivity contribution in [2.45, 2.75) is 17.9 Å². The molecular weight excluding hydrogens is 254 g/mol. The molecule has 2 fully saturated rings. The lowest BCUT2D eigenvalue weighted by atomic mass is 10.00. The number of phenols is 1. The normalized spacial score (nSPS) is 29.6. The van der Waals surface area contributed by atoms with E-state index < -0.39 is 0 Å². The number of ether oxygens (including phenoxy) is 1. The van der Waals surface area contributed by atoms with Crippen LogP contribution in [0.5, 0.6) is 17.2 Å². The number of benzene rings is 1. The number of aromatic hydroxyl groups is 1. The summed E-state index contributed by atoms with van der Waals surface area (Å²) in [5, 5.41) is 9.97. The van der Waals surface area contributed by atoms with E-state index in [1.165, 1.54) is 0 Å². The molecule has 1 aromatic heterocycles. The monoisotopic (exact) mass is 269 g/mol. The van der Waals surface area contributed by atoms with Gasteiger partial charge in [-0.2, -0.15) is 0 Å². The summed E-state index contributed by atoms with van der Waals surface area (Å²) < 4.78 is 5.74. The van der Waals surface area contributed by atoms with Crippen LogP contribution in [0.2, 0.25) is 0 Å². The van der Waals surface area contributed by atoms with E-state index in [1.807, 2.05) is 6.07 Å². The van der Waals surface area contributed by atoms with E-state index in [2.05, 4.69) is 4.98 Å². The summed E-state index contributed by atoms with van der Waals surface area (Å²) in [6.45, 7) is 0. The molecule has 4 rings (SSSR count). The fourth-order valence-electron chi connectivity index (χ4n) is 2.93. The fraction of sp³-hybridized carbons (Fsp3) is 0.267. The molecule has 5 nitrogen and oxygen atoms in total. The predicted molar refractivity (Wildman–Crippen MR) is 74.6 cm³/mol. The highest BCUT2D eigenvalue weighted by Crippen LogP contribution is 2.76. The van der Waals surface area contributed by atoms with Gasteiger partial charge in [-0.15, -0.1) is 0 Å². The molecule has 2 saturated carbocycles. The Hall–Kier alpha value is -2.27. The van der Waals surface area contributed by atoms with Gasteiger partial charge in [0.25, 0.3) is 0 Å². The minimum atomic E-state index is -0.0722. The summed E-state index contributed by atoms with van der Waals surface area (Å²) in [5.74, 6) is 2.78. The van der Waals surface area contributed by atoms with Crippen molar-refractivity contribution in [2.75, 3.05) is 5.73 Å². The topological polar surface area (TPSA) is 94.4 Å². The minimum absolute atomic E-state index is 0.0722. The molecule has 0 saturated heterocycles.